The molecular weight excluding hydrogens is 423 g/mol. The van der Waals surface area contributed by atoms with Gasteiger partial charge in [-0.15, -0.1) is 0 Å². The Hall–Kier alpha value is 1.51. The van der Waals surface area contributed by atoms with Crippen molar-refractivity contribution in [1.82, 2.24) is 0 Å². The molecule has 4 nitrogen and oxygen atoms in total. The monoisotopic (exact) mass is 472 g/mol. The number of aliphatic hydroxyl groups excluding tert-OH is 1. The van der Waals surface area contributed by atoms with E-state index < -0.39 is 21.5 Å². The summed E-state index contributed by atoms with van der Waals surface area (Å²) in [4.78, 5) is 0. The largest absolute Gasteiger partial charge is 1.00 e. The molecule has 0 aliphatic rings. The normalized spacial score (nSPS) is 13.7. The van der Waals surface area contributed by atoms with Gasteiger partial charge in [0.05, 0.1) is 16.2 Å². The molecule has 0 rings (SSSR count). The van der Waals surface area contributed by atoms with Gasteiger partial charge in [-0.25, -0.2) is 8.42 Å². The van der Waals surface area contributed by atoms with Crippen molar-refractivity contribution >= 4 is 10.1 Å². The van der Waals surface area contributed by atoms with Gasteiger partial charge in [-0.1, -0.05) is 117 Å². The molecule has 0 fully saturated rings. The van der Waals surface area contributed by atoms with Crippen LogP contribution in [0.5, 0.6) is 0 Å². The third kappa shape index (κ3) is 22.7. The van der Waals surface area contributed by atoms with Crippen LogP contribution in [0.3, 0.4) is 0 Å². The molecule has 2 unspecified atom stereocenters. The molecule has 0 saturated heterocycles. The molecule has 1 N–H and O–H groups in total. The summed E-state index contributed by atoms with van der Waals surface area (Å²) in [5.41, 5.74) is 0. The van der Waals surface area contributed by atoms with E-state index in [2.05, 4.69) is 13.8 Å². The summed E-state index contributed by atoms with van der Waals surface area (Å²) in [7, 11) is -4.27. The Morgan fingerprint density at radius 3 is 1.37 bits per heavy atom. The SMILES string of the molecule is CCCCCCCCCCC(O)CCC(CCCCCCCCCC)S(=O)(=O)[O-].[K+]. The zero-order chi connectivity index (χ0) is 21.8. The topological polar surface area (TPSA) is 77.4 Å². The fourth-order valence-electron chi connectivity index (χ4n) is 3.98. The van der Waals surface area contributed by atoms with E-state index in [0.29, 0.717) is 19.3 Å². The van der Waals surface area contributed by atoms with Crippen LogP contribution in [-0.2, 0) is 10.1 Å². The molecule has 6 heteroatoms. The van der Waals surface area contributed by atoms with E-state index in [0.717, 1.165) is 38.5 Å². The molecular formula is C24H49KO4S. The Labute approximate surface area is 230 Å². The van der Waals surface area contributed by atoms with Gasteiger partial charge in [-0.2, -0.15) is 0 Å². The molecule has 0 aromatic heterocycles. The quantitative estimate of drug-likeness (QED) is 0.146. The van der Waals surface area contributed by atoms with Crippen LogP contribution in [0.2, 0.25) is 0 Å². The second kappa shape index (κ2) is 23.7. The number of rotatable bonds is 22. The first-order chi connectivity index (χ1) is 13.9. The van der Waals surface area contributed by atoms with Crippen molar-refractivity contribution in [1.29, 1.82) is 0 Å². The molecule has 176 valence electrons. The molecule has 0 aliphatic heterocycles. The van der Waals surface area contributed by atoms with Crippen LogP contribution in [-0.4, -0.2) is 29.4 Å². The Morgan fingerprint density at radius 1 is 0.600 bits per heavy atom. The first-order valence-corrected chi connectivity index (χ1v) is 14.0. The molecule has 0 bridgehead atoms. The molecule has 0 amide bonds. The van der Waals surface area contributed by atoms with Gasteiger partial charge in [0.1, 0.15) is 0 Å². The van der Waals surface area contributed by atoms with E-state index in [1.807, 2.05) is 0 Å². The molecule has 0 saturated carbocycles. The van der Waals surface area contributed by atoms with E-state index in [1.165, 1.54) is 70.6 Å². The van der Waals surface area contributed by atoms with Crippen LogP contribution >= 0.6 is 0 Å². The van der Waals surface area contributed by atoms with Crippen molar-refractivity contribution in [2.24, 2.45) is 0 Å². The second-order valence-electron chi connectivity index (χ2n) is 8.87. The Morgan fingerprint density at radius 2 is 0.967 bits per heavy atom. The number of unbranched alkanes of at least 4 members (excludes halogenated alkanes) is 14. The van der Waals surface area contributed by atoms with E-state index in [9.17, 15) is 18.1 Å². The van der Waals surface area contributed by atoms with Gasteiger partial charge in [-0.3, -0.25) is 0 Å². The van der Waals surface area contributed by atoms with Crippen molar-refractivity contribution in [3.63, 3.8) is 0 Å². The maximum absolute atomic E-state index is 11.6. The van der Waals surface area contributed by atoms with Crippen molar-refractivity contribution in [2.45, 2.75) is 154 Å². The summed E-state index contributed by atoms with van der Waals surface area (Å²) in [6, 6.07) is 0. The minimum atomic E-state index is -4.27. The van der Waals surface area contributed by atoms with Crippen LogP contribution in [0.25, 0.3) is 0 Å². The van der Waals surface area contributed by atoms with Crippen molar-refractivity contribution < 1.29 is 69.5 Å². The minimum Gasteiger partial charge on any atom is -0.748 e. The standard InChI is InChI=1S/C24H50O4S.K/c1-3-5-7-9-11-13-15-17-19-23(25)21-22-24(29(26,27)28)20-18-16-14-12-10-8-6-4-2;/h23-25H,3-22H2,1-2H3,(H,26,27,28);/q;+1/p-1. The van der Waals surface area contributed by atoms with Gasteiger partial charge < -0.3 is 9.66 Å². The first-order valence-electron chi connectivity index (χ1n) is 12.5. The maximum Gasteiger partial charge on any atom is 1.00 e. The van der Waals surface area contributed by atoms with Gasteiger partial charge in [0.2, 0.25) is 0 Å². The molecule has 0 spiro atoms. The van der Waals surface area contributed by atoms with Crippen LogP contribution in [0, 0.1) is 0 Å². The van der Waals surface area contributed by atoms with Crippen LogP contribution in [0.15, 0.2) is 0 Å². The number of hydrogen-bond acceptors (Lipinski definition) is 4. The second-order valence-corrected chi connectivity index (χ2v) is 10.5. The Balaban J connectivity index is 0. The van der Waals surface area contributed by atoms with E-state index in [1.54, 1.807) is 0 Å². The van der Waals surface area contributed by atoms with Gasteiger partial charge in [-0.05, 0) is 25.7 Å². The molecule has 0 radical (unpaired) electrons. The summed E-state index contributed by atoms with van der Waals surface area (Å²) in [6.07, 6.45) is 20.4. The summed E-state index contributed by atoms with van der Waals surface area (Å²) < 4.78 is 34.7. The van der Waals surface area contributed by atoms with Gasteiger partial charge >= 0.3 is 51.4 Å². The third-order valence-electron chi connectivity index (χ3n) is 6.00. The zero-order valence-corrected chi connectivity index (χ0v) is 24.3. The predicted molar refractivity (Wildman–Crippen MR) is 123 cm³/mol. The first kappa shape index (κ1) is 33.7. The summed E-state index contributed by atoms with van der Waals surface area (Å²) in [5.74, 6) is 0. The van der Waals surface area contributed by atoms with Gasteiger partial charge in [0.25, 0.3) is 0 Å². The fourth-order valence-corrected chi connectivity index (χ4v) is 4.86. The molecule has 2 atom stereocenters. The summed E-state index contributed by atoms with van der Waals surface area (Å²) in [6.45, 7) is 4.43. The van der Waals surface area contributed by atoms with Gasteiger partial charge in [0, 0.05) is 5.25 Å². The third-order valence-corrected chi connectivity index (χ3v) is 7.29. The van der Waals surface area contributed by atoms with E-state index in [4.69, 9.17) is 0 Å². The minimum absolute atomic E-state index is 0. The van der Waals surface area contributed by atoms with Crippen molar-refractivity contribution in [3.8, 4) is 0 Å². The Kier molecular flexibility index (Phi) is 26.6. The van der Waals surface area contributed by atoms with E-state index in [-0.39, 0.29) is 51.4 Å². The van der Waals surface area contributed by atoms with Crippen molar-refractivity contribution in [3.05, 3.63) is 0 Å². The molecule has 0 heterocycles. The fraction of sp³-hybridized carbons (Fsp3) is 1.00. The van der Waals surface area contributed by atoms with Crippen LogP contribution in [0.1, 0.15) is 142 Å². The Bertz CT molecular complexity index is 442. The zero-order valence-electron chi connectivity index (χ0n) is 20.4. The summed E-state index contributed by atoms with van der Waals surface area (Å²) >= 11 is 0. The molecule has 0 aromatic carbocycles. The maximum atomic E-state index is 11.6. The average Bonchev–Trinajstić information content (AvgIpc) is 2.67. The van der Waals surface area contributed by atoms with Crippen LogP contribution in [0.4, 0.5) is 0 Å². The summed E-state index contributed by atoms with van der Waals surface area (Å²) in [5, 5.41) is 9.33. The number of aliphatic hydroxyl groups is 1. The van der Waals surface area contributed by atoms with Crippen molar-refractivity contribution in [2.75, 3.05) is 0 Å². The molecule has 30 heavy (non-hydrogen) atoms. The predicted octanol–water partition coefficient (Wildman–Crippen LogP) is 4.11. The van der Waals surface area contributed by atoms with Crippen LogP contribution < -0.4 is 51.4 Å². The van der Waals surface area contributed by atoms with E-state index >= 15 is 0 Å². The molecule has 0 aliphatic carbocycles. The number of hydrogen-bond donors (Lipinski definition) is 1. The molecule has 0 aromatic rings. The smallest absolute Gasteiger partial charge is 0.748 e. The van der Waals surface area contributed by atoms with Gasteiger partial charge in [0.15, 0.2) is 0 Å². The average molecular weight is 473 g/mol.